The van der Waals surface area contributed by atoms with Crippen molar-refractivity contribution in [1.82, 2.24) is 24.5 Å². The Balaban J connectivity index is 1.75. The van der Waals surface area contributed by atoms with Gasteiger partial charge in [0.2, 0.25) is 0 Å². The average molecular weight is 514 g/mol. The van der Waals surface area contributed by atoms with E-state index >= 15 is 4.39 Å². The van der Waals surface area contributed by atoms with Gasteiger partial charge in [-0.25, -0.2) is 24.3 Å². The van der Waals surface area contributed by atoms with E-state index in [-0.39, 0.29) is 51.2 Å². The number of nitrogens with two attached hydrogens (primary N) is 1. The number of nitrogens with one attached hydrogen (secondary N) is 1. The summed E-state index contributed by atoms with van der Waals surface area (Å²) in [6, 6.07) is 3.91. The number of carbonyl (C=O) groups excluding carboxylic acids is 1. The van der Waals surface area contributed by atoms with E-state index in [1.54, 1.807) is 30.7 Å². The van der Waals surface area contributed by atoms with Crippen LogP contribution in [0.4, 0.5) is 15.9 Å². The van der Waals surface area contributed by atoms with Gasteiger partial charge in [-0.15, -0.1) is 0 Å². The van der Waals surface area contributed by atoms with Crippen molar-refractivity contribution in [3.05, 3.63) is 84.6 Å². The summed E-state index contributed by atoms with van der Waals surface area (Å²) in [4.78, 5) is 28.8. The first-order chi connectivity index (χ1) is 19.9. The number of fused-ring (bicyclic) bond motifs is 1. The monoisotopic (exact) mass is 513 g/mol. The summed E-state index contributed by atoms with van der Waals surface area (Å²) < 4.78 is 57.3. The minimum Gasteiger partial charge on any atom is -0.421 e. The Labute approximate surface area is 223 Å². The smallest absolute Gasteiger partial charge is 0.322 e. The van der Waals surface area contributed by atoms with Crippen molar-refractivity contribution in [2.45, 2.75) is 13.8 Å². The number of carbonyl (C=O) groups is 1. The van der Waals surface area contributed by atoms with Crippen LogP contribution in [0.1, 0.15) is 18.1 Å². The largest absolute Gasteiger partial charge is 0.421 e. The van der Waals surface area contributed by atoms with E-state index < -0.39 is 35.9 Å². The lowest BCUT2D eigenvalue weighted by Crippen LogP contribution is -2.11. The van der Waals surface area contributed by atoms with Crippen molar-refractivity contribution in [2.75, 3.05) is 11.1 Å². The number of aryl methyl sites for hydroxylation is 2. The van der Waals surface area contributed by atoms with Gasteiger partial charge in [-0.3, -0.25) is 4.79 Å². The zero-order valence-corrected chi connectivity index (χ0v) is 20.7. The van der Waals surface area contributed by atoms with Crippen LogP contribution in [0.15, 0.2) is 73.1 Å². The van der Waals surface area contributed by atoms with Crippen molar-refractivity contribution in [1.29, 1.82) is 0 Å². The van der Waals surface area contributed by atoms with E-state index in [0.717, 1.165) is 0 Å². The fraction of sp³-hybridized carbons (Fsp3) is 0.107. The highest BCUT2D eigenvalue weighted by molar-refractivity contribution is 6.08. The molecule has 1 amide bonds. The number of nitrogen functional groups attached to an aromatic ring is 1. The van der Waals surface area contributed by atoms with E-state index in [9.17, 15) is 4.79 Å². The Morgan fingerprint density at radius 3 is 2.61 bits per heavy atom. The van der Waals surface area contributed by atoms with Gasteiger partial charge >= 0.3 is 6.01 Å². The van der Waals surface area contributed by atoms with Crippen molar-refractivity contribution in [3.8, 4) is 34.1 Å². The lowest BCUT2D eigenvalue weighted by atomic mass is 9.98. The maximum atomic E-state index is 15.5. The van der Waals surface area contributed by atoms with Crippen molar-refractivity contribution >= 4 is 28.4 Å². The van der Waals surface area contributed by atoms with Crippen LogP contribution in [-0.4, -0.2) is 30.4 Å². The number of aromatic nitrogens is 5. The molecule has 0 fully saturated rings. The van der Waals surface area contributed by atoms with Crippen LogP contribution in [0, 0.1) is 12.7 Å². The van der Waals surface area contributed by atoms with Crippen molar-refractivity contribution < 1.29 is 19.4 Å². The minimum atomic E-state index is -0.756. The molecule has 3 aromatic heterocycles. The molecule has 5 rings (SSSR count). The molecule has 0 bridgehead atoms. The molecule has 0 aliphatic heterocycles. The second-order valence-corrected chi connectivity index (χ2v) is 8.45. The number of ether oxygens (including phenoxy) is 1. The predicted octanol–water partition coefficient (Wildman–Crippen LogP) is 5.43. The van der Waals surface area contributed by atoms with Crippen LogP contribution in [0.3, 0.4) is 0 Å². The summed E-state index contributed by atoms with van der Waals surface area (Å²) in [7, 11) is 1.61. The average Bonchev–Trinajstić information content (AvgIpc) is 3.24. The predicted molar refractivity (Wildman–Crippen MR) is 144 cm³/mol. The van der Waals surface area contributed by atoms with Gasteiger partial charge < -0.3 is 20.4 Å². The zero-order chi connectivity index (χ0) is 30.5. The third-order valence-corrected chi connectivity index (χ3v) is 5.68. The van der Waals surface area contributed by atoms with Gasteiger partial charge in [0, 0.05) is 35.8 Å². The van der Waals surface area contributed by atoms with Crippen LogP contribution in [0.2, 0.25) is 0 Å². The molecule has 10 heteroatoms. The fourth-order valence-electron chi connectivity index (χ4n) is 3.88. The topological polar surface area (TPSA) is 121 Å². The first-order valence-electron chi connectivity index (χ1n) is 13.3. The molecule has 3 N–H and O–H groups in total. The summed E-state index contributed by atoms with van der Waals surface area (Å²) in [5.74, 6) is -1.48. The molecule has 0 atom stereocenters. The van der Waals surface area contributed by atoms with Gasteiger partial charge in [-0.05, 0) is 55.3 Å². The molecule has 2 aromatic carbocycles. The van der Waals surface area contributed by atoms with Gasteiger partial charge in [0.25, 0.3) is 5.91 Å². The standard InChI is InChI=1S/C28H24FN7O2/c1-15(2)27(37)35-19-8-5-17(6-9-19)24-22(23-25(30)32-14-33-26(23)36(24)4)18-7-10-21(20(29)13-18)38-28-31-12-11-16(3)34-28/h5-14H,1H2,2-4H3,(H,35,37)(H2,30,32,33)/i5D,6D,8D,9D. The number of halogens is 1. The SMILES string of the molecule is [2H]c1c([2H])c(-c2c(-c3ccc(Oc4nccc(C)n4)c(F)c3)c3c(N)ncnc3n2C)c([2H])c([2H])c1NC(=O)C(=C)C. The molecule has 0 spiro atoms. The van der Waals surface area contributed by atoms with Crippen LogP contribution in [-0.2, 0) is 11.8 Å². The van der Waals surface area contributed by atoms with Gasteiger partial charge in [-0.1, -0.05) is 24.7 Å². The number of hydrogen-bond acceptors (Lipinski definition) is 7. The molecule has 0 unspecified atom stereocenters. The van der Waals surface area contributed by atoms with Crippen molar-refractivity contribution in [3.63, 3.8) is 0 Å². The Bertz CT molecular complexity index is 1920. The highest BCUT2D eigenvalue weighted by atomic mass is 19.1. The van der Waals surface area contributed by atoms with Crippen molar-refractivity contribution in [2.24, 2.45) is 7.05 Å². The second kappa shape index (κ2) is 9.74. The van der Waals surface area contributed by atoms with E-state index in [4.69, 9.17) is 16.0 Å². The molecule has 0 aliphatic carbocycles. The van der Waals surface area contributed by atoms with Gasteiger partial charge in [0.15, 0.2) is 11.6 Å². The second-order valence-electron chi connectivity index (χ2n) is 8.45. The van der Waals surface area contributed by atoms with Crippen LogP contribution >= 0.6 is 0 Å². The zero-order valence-electron chi connectivity index (χ0n) is 24.7. The molecule has 0 radical (unpaired) electrons. The maximum Gasteiger partial charge on any atom is 0.322 e. The Hall–Kier alpha value is -5.12. The molecule has 0 saturated heterocycles. The number of benzene rings is 2. The fourth-order valence-corrected chi connectivity index (χ4v) is 3.88. The summed E-state index contributed by atoms with van der Waals surface area (Å²) in [6.45, 7) is 6.75. The minimum absolute atomic E-state index is 0.0346. The molecule has 5 aromatic rings. The number of amides is 1. The molecule has 0 aliphatic rings. The van der Waals surface area contributed by atoms with Crippen LogP contribution in [0.5, 0.6) is 11.8 Å². The molecule has 3 heterocycles. The number of rotatable bonds is 6. The molecular weight excluding hydrogens is 485 g/mol. The summed E-state index contributed by atoms with van der Waals surface area (Å²) in [5, 5.41) is 2.72. The lowest BCUT2D eigenvalue weighted by Gasteiger charge is -2.12. The van der Waals surface area contributed by atoms with Gasteiger partial charge in [0.05, 0.1) is 16.6 Å². The number of nitrogens with zero attached hydrogens (tertiary/aromatic N) is 5. The van der Waals surface area contributed by atoms with Crippen LogP contribution in [0.25, 0.3) is 33.4 Å². The van der Waals surface area contributed by atoms with Gasteiger partial charge in [0.1, 0.15) is 17.8 Å². The van der Waals surface area contributed by atoms with E-state index in [1.165, 1.54) is 31.6 Å². The highest BCUT2D eigenvalue weighted by Crippen LogP contribution is 2.42. The quantitative estimate of drug-likeness (QED) is 0.291. The van der Waals surface area contributed by atoms with Crippen LogP contribution < -0.4 is 15.8 Å². The van der Waals surface area contributed by atoms with E-state index in [0.29, 0.717) is 16.7 Å². The first-order valence-corrected chi connectivity index (χ1v) is 11.3. The molecular formula is C28H24FN7O2. The summed E-state index contributed by atoms with van der Waals surface area (Å²) in [6.07, 6.45) is 2.73. The Morgan fingerprint density at radius 2 is 1.92 bits per heavy atom. The molecule has 190 valence electrons. The summed E-state index contributed by atoms with van der Waals surface area (Å²) >= 11 is 0. The number of hydrogen-bond donors (Lipinski definition) is 2. The molecule has 0 saturated carbocycles. The molecule has 38 heavy (non-hydrogen) atoms. The normalized spacial score (nSPS) is 12.4. The maximum absolute atomic E-state index is 15.5. The van der Waals surface area contributed by atoms with E-state index in [1.807, 2.05) is 0 Å². The number of anilines is 2. The highest BCUT2D eigenvalue weighted by Gasteiger charge is 2.23. The lowest BCUT2D eigenvalue weighted by molar-refractivity contribution is -0.112. The first kappa shape index (κ1) is 20.0. The Morgan fingerprint density at radius 1 is 1.16 bits per heavy atom. The third kappa shape index (κ3) is 4.55. The molecule has 9 nitrogen and oxygen atoms in total. The third-order valence-electron chi connectivity index (χ3n) is 5.68. The van der Waals surface area contributed by atoms with E-state index in [2.05, 4.69) is 31.8 Å². The summed E-state index contributed by atoms with van der Waals surface area (Å²) in [5.41, 5.74) is 7.68. The van der Waals surface area contributed by atoms with Gasteiger partial charge in [-0.2, -0.15) is 0 Å². The Kier molecular flexibility index (Phi) is 5.12.